The standard InChI is InChI=1S/C26H35FN8O/c1-18(2)35-19(3)28-17-23(35)24-22(27)16-29-26(31-24)30-21-8-6-20(7-9-21)25(36)34-14-12-33(13-15-34)11-10-32(4)5/h6-9,16-18H,10-15H2,1-5H3,(H,29,30,31). The molecule has 10 heteroatoms. The second kappa shape index (κ2) is 11.1. The first-order valence-corrected chi connectivity index (χ1v) is 12.3. The maximum absolute atomic E-state index is 14.6. The van der Waals surface area contributed by atoms with Gasteiger partial charge in [-0.3, -0.25) is 9.69 Å². The second-order valence-electron chi connectivity index (χ2n) is 9.68. The van der Waals surface area contributed by atoms with Gasteiger partial charge in [-0.1, -0.05) is 0 Å². The number of aromatic nitrogens is 4. The number of imidazole rings is 1. The van der Waals surface area contributed by atoms with E-state index in [2.05, 4.69) is 44.2 Å². The van der Waals surface area contributed by atoms with Gasteiger partial charge in [-0.25, -0.2) is 19.3 Å². The number of hydrogen-bond donors (Lipinski definition) is 1. The minimum absolute atomic E-state index is 0.0337. The topological polar surface area (TPSA) is 82.4 Å². The lowest BCUT2D eigenvalue weighted by molar-refractivity contribution is 0.0630. The maximum atomic E-state index is 14.6. The van der Waals surface area contributed by atoms with E-state index in [0.717, 1.165) is 51.3 Å². The Labute approximate surface area is 212 Å². The number of nitrogens with one attached hydrogen (secondary N) is 1. The van der Waals surface area contributed by atoms with E-state index in [1.807, 2.05) is 42.4 Å². The van der Waals surface area contributed by atoms with Crippen molar-refractivity contribution in [2.75, 3.05) is 58.7 Å². The molecule has 9 nitrogen and oxygen atoms in total. The van der Waals surface area contributed by atoms with Crippen molar-refractivity contribution >= 4 is 17.5 Å². The summed E-state index contributed by atoms with van der Waals surface area (Å²) < 4.78 is 16.6. The fourth-order valence-corrected chi connectivity index (χ4v) is 4.41. The van der Waals surface area contributed by atoms with Gasteiger partial charge in [0.1, 0.15) is 11.5 Å². The van der Waals surface area contributed by atoms with Crippen molar-refractivity contribution in [1.82, 2.24) is 34.2 Å². The van der Waals surface area contributed by atoms with Crippen molar-refractivity contribution in [3.05, 3.63) is 53.9 Å². The highest BCUT2D eigenvalue weighted by Crippen LogP contribution is 2.26. The van der Waals surface area contributed by atoms with E-state index in [9.17, 15) is 9.18 Å². The zero-order chi connectivity index (χ0) is 25.8. The van der Waals surface area contributed by atoms with E-state index in [-0.39, 0.29) is 23.6 Å². The Hall–Kier alpha value is -3.37. The summed E-state index contributed by atoms with van der Waals surface area (Å²) in [5.41, 5.74) is 2.15. The van der Waals surface area contributed by atoms with Crippen LogP contribution in [-0.4, -0.2) is 93.5 Å². The van der Waals surface area contributed by atoms with E-state index in [4.69, 9.17) is 0 Å². The summed E-state index contributed by atoms with van der Waals surface area (Å²) in [4.78, 5) is 32.3. The van der Waals surface area contributed by atoms with Crippen LogP contribution in [0.25, 0.3) is 11.4 Å². The molecule has 0 unspecified atom stereocenters. The SMILES string of the molecule is Cc1ncc(-c2nc(Nc3ccc(C(=O)N4CCN(CCN(C)C)CC4)cc3)ncc2F)n1C(C)C. The number of halogens is 1. The Morgan fingerprint density at radius 2 is 1.78 bits per heavy atom. The number of rotatable bonds is 8. The van der Waals surface area contributed by atoms with Crippen molar-refractivity contribution in [2.24, 2.45) is 0 Å². The maximum Gasteiger partial charge on any atom is 0.253 e. The number of carbonyl (C=O) groups excluding carboxylic acids is 1. The van der Waals surface area contributed by atoms with Crippen LogP contribution in [0, 0.1) is 12.7 Å². The minimum Gasteiger partial charge on any atom is -0.336 e. The molecule has 1 N–H and O–H groups in total. The number of hydrogen-bond acceptors (Lipinski definition) is 7. The number of amides is 1. The van der Waals surface area contributed by atoms with Crippen LogP contribution in [0.4, 0.5) is 16.0 Å². The Morgan fingerprint density at radius 1 is 1.08 bits per heavy atom. The zero-order valence-electron chi connectivity index (χ0n) is 21.7. The van der Waals surface area contributed by atoms with Crippen molar-refractivity contribution in [3.63, 3.8) is 0 Å². The molecule has 0 radical (unpaired) electrons. The van der Waals surface area contributed by atoms with Crippen molar-refractivity contribution < 1.29 is 9.18 Å². The van der Waals surface area contributed by atoms with E-state index in [1.54, 1.807) is 18.3 Å². The lowest BCUT2D eigenvalue weighted by Gasteiger charge is -2.35. The van der Waals surface area contributed by atoms with Gasteiger partial charge < -0.3 is 19.7 Å². The molecule has 1 aliphatic heterocycles. The van der Waals surface area contributed by atoms with E-state index < -0.39 is 5.82 Å². The van der Waals surface area contributed by atoms with Crippen molar-refractivity contribution in [2.45, 2.75) is 26.8 Å². The molecule has 2 aromatic heterocycles. The van der Waals surface area contributed by atoms with Gasteiger partial charge in [0.2, 0.25) is 5.95 Å². The molecule has 1 aromatic carbocycles. The number of nitrogens with zero attached hydrogens (tertiary/aromatic N) is 7. The molecule has 1 fully saturated rings. The fraction of sp³-hybridized carbons (Fsp3) is 0.462. The van der Waals surface area contributed by atoms with Crippen LogP contribution in [0.5, 0.6) is 0 Å². The number of likely N-dealkylation sites (N-methyl/N-ethyl adjacent to an activating group) is 1. The molecule has 0 atom stereocenters. The molecule has 1 saturated heterocycles. The summed E-state index contributed by atoms with van der Waals surface area (Å²) in [5, 5.41) is 3.12. The molecule has 1 amide bonds. The molecule has 1 aliphatic rings. The Kier molecular flexibility index (Phi) is 7.95. The summed E-state index contributed by atoms with van der Waals surface area (Å²) in [5.74, 6) is 0.591. The summed E-state index contributed by atoms with van der Waals surface area (Å²) >= 11 is 0. The first kappa shape index (κ1) is 25.7. The molecular weight excluding hydrogens is 459 g/mol. The van der Waals surface area contributed by atoms with Crippen LogP contribution in [-0.2, 0) is 0 Å². The highest BCUT2D eigenvalue weighted by molar-refractivity contribution is 5.94. The molecule has 0 saturated carbocycles. The predicted molar refractivity (Wildman–Crippen MR) is 139 cm³/mol. The molecule has 0 aliphatic carbocycles. The van der Waals surface area contributed by atoms with Crippen molar-refractivity contribution in [3.8, 4) is 11.4 Å². The number of aryl methyl sites for hydroxylation is 1. The van der Waals surface area contributed by atoms with E-state index in [0.29, 0.717) is 16.9 Å². The van der Waals surface area contributed by atoms with Gasteiger partial charge >= 0.3 is 0 Å². The molecule has 0 bridgehead atoms. The van der Waals surface area contributed by atoms with Crippen LogP contribution < -0.4 is 5.32 Å². The van der Waals surface area contributed by atoms with Crippen LogP contribution in [0.2, 0.25) is 0 Å². The van der Waals surface area contributed by atoms with E-state index >= 15 is 0 Å². The summed E-state index contributed by atoms with van der Waals surface area (Å²) in [6, 6.07) is 7.33. The summed E-state index contributed by atoms with van der Waals surface area (Å²) in [6.45, 7) is 11.2. The summed E-state index contributed by atoms with van der Waals surface area (Å²) in [6.07, 6.45) is 2.79. The lowest BCUT2D eigenvalue weighted by atomic mass is 10.1. The quantitative estimate of drug-likeness (QED) is 0.514. The van der Waals surface area contributed by atoms with Gasteiger partial charge in [-0.2, -0.15) is 0 Å². The van der Waals surface area contributed by atoms with Gasteiger partial charge in [-0.15, -0.1) is 0 Å². The largest absolute Gasteiger partial charge is 0.336 e. The molecule has 0 spiro atoms. The fourth-order valence-electron chi connectivity index (χ4n) is 4.41. The van der Waals surface area contributed by atoms with Gasteiger partial charge in [-0.05, 0) is 59.1 Å². The Balaban J connectivity index is 1.41. The molecule has 3 aromatic rings. The smallest absolute Gasteiger partial charge is 0.253 e. The highest BCUT2D eigenvalue weighted by atomic mass is 19.1. The van der Waals surface area contributed by atoms with Crippen molar-refractivity contribution in [1.29, 1.82) is 0 Å². The third-order valence-electron chi connectivity index (χ3n) is 6.40. The first-order valence-electron chi connectivity index (χ1n) is 12.3. The third kappa shape index (κ3) is 5.88. The number of anilines is 2. The Bertz CT molecular complexity index is 1180. The molecule has 192 valence electrons. The van der Waals surface area contributed by atoms with Gasteiger partial charge in [0.15, 0.2) is 5.82 Å². The van der Waals surface area contributed by atoms with Crippen LogP contribution in [0.1, 0.15) is 36.1 Å². The van der Waals surface area contributed by atoms with Gasteiger partial charge in [0.05, 0.1) is 18.1 Å². The monoisotopic (exact) mass is 494 g/mol. The highest BCUT2D eigenvalue weighted by Gasteiger charge is 2.22. The number of carbonyl (C=O) groups is 1. The van der Waals surface area contributed by atoms with Crippen LogP contribution in [0.3, 0.4) is 0 Å². The normalized spacial score (nSPS) is 14.6. The minimum atomic E-state index is -0.509. The summed E-state index contributed by atoms with van der Waals surface area (Å²) in [7, 11) is 4.14. The van der Waals surface area contributed by atoms with Gasteiger partial charge in [0.25, 0.3) is 5.91 Å². The molecule has 36 heavy (non-hydrogen) atoms. The van der Waals surface area contributed by atoms with Crippen LogP contribution in [0.15, 0.2) is 36.7 Å². The Morgan fingerprint density at radius 3 is 2.42 bits per heavy atom. The number of piperazine rings is 1. The van der Waals surface area contributed by atoms with Gasteiger partial charge in [0, 0.05) is 56.6 Å². The molecule has 3 heterocycles. The van der Waals surface area contributed by atoms with Crippen LogP contribution >= 0.6 is 0 Å². The lowest BCUT2D eigenvalue weighted by Crippen LogP contribution is -2.49. The zero-order valence-corrected chi connectivity index (χ0v) is 21.7. The second-order valence-corrected chi connectivity index (χ2v) is 9.68. The molecular formula is C26H35FN8O. The third-order valence-corrected chi connectivity index (χ3v) is 6.40. The average Bonchev–Trinajstić information content (AvgIpc) is 3.25. The van der Waals surface area contributed by atoms with E-state index in [1.165, 1.54) is 0 Å². The molecule has 4 rings (SSSR count). The average molecular weight is 495 g/mol. The predicted octanol–water partition coefficient (Wildman–Crippen LogP) is 3.43. The first-order chi connectivity index (χ1) is 17.2. The number of benzene rings is 1.